The summed E-state index contributed by atoms with van der Waals surface area (Å²) in [5.41, 5.74) is 2.60. The molecule has 2 nitrogen and oxygen atoms in total. The van der Waals surface area contributed by atoms with E-state index in [0.717, 1.165) is 22.6 Å². The largest absolute Gasteiger partial charge is 0.481 e. The third kappa shape index (κ3) is 3.76. The zero-order valence-corrected chi connectivity index (χ0v) is 11.3. The van der Waals surface area contributed by atoms with E-state index in [-0.39, 0.29) is 12.4 Å². The summed E-state index contributed by atoms with van der Waals surface area (Å²) in [6.45, 7) is 2.64. The molecule has 102 valence electrons. The zero-order chi connectivity index (χ0) is 14.4. The van der Waals surface area contributed by atoms with Crippen LogP contribution >= 0.6 is 0 Å². The third-order valence-corrected chi connectivity index (χ3v) is 2.81. The van der Waals surface area contributed by atoms with Crippen LogP contribution in [0.15, 0.2) is 42.5 Å². The van der Waals surface area contributed by atoms with Crippen molar-refractivity contribution in [1.29, 1.82) is 0 Å². The van der Waals surface area contributed by atoms with Gasteiger partial charge in [-0.05, 0) is 36.8 Å². The molecule has 2 rings (SSSR count). The number of ether oxygens (including phenoxy) is 1. The van der Waals surface area contributed by atoms with Crippen LogP contribution in [0.25, 0.3) is 0 Å². The fraction of sp³-hybridized carbons (Fsp3) is 0.176. The minimum absolute atomic E-state index is 0.232. The van der Waals surface area contributed by atoms with Crippen molar-refractivity contribution in [3.63, 3.8) is 0 Å². The topological polar surface area (TPSA) is 21.3 Å². The molecule has 0 aliphatic heterocycles. The molecule has 0 spiro atoms. The maximum atomic E-state index is 13.3. The third-order valence-electron chi connectivity index (χ3n) is 2.81. The molecule has 0 fully saturated rings. The Morgan fingerprint density at radius 1 is 1.25 bits per heavy atom. The molecular formula is C17H16FNO. The second-order valence-electron chi connectivity index (χ2n) is 4.47. The maximum absolute atomic E-state index is 13.3. The zero-order valence-electron chi connectivity index (χ0n) is 11.3. The molecule has 0 unspecified atom stereocenters. The van der Waals surface area contributed by atoms with Crippen LogP contribution in [-0.4, -0.2) is 6.61 Å². The summed E-state index contributed by atoms with van der Waals surface area (Å²) < 4.78 is 18.8. The van der Waals surface area contributed by atoms with Crippen LogP contribution in [-0.2, 0) is 6.54 Å². The van der Waals surface area contributed by atoms with Gasteiger partial charge in [-0.15, -0.1) is 6.42 Å². The lowest BCUT2D eigenvalue weighted by Gasteiger charge is -2.12. The molecule has 0 heterocycles. The van der Waals surface area contributed by atoms with E-state index in [0.29, 0.717) is 6.54 Å². The minimum Gasteiger partial charge on any atom is -0.481 e. The predicted octanol–water partition coefficient (Wildman–Crippen LogP) is 3.76. The molecule has 0 atom stereocenters. The van der Waals surface area contributed by atoms with Gasteiger partial charge in [0.1, 0.15) is 18.2 Å². The van der Waals surface area contributed by atoms with E-state index < -0.39 is 0 Å². The second-order valence-corrected chi connectivity index (χ2v) is 4.47. The summed E-state index contributed by atoms with van der Waals surface area (Å²) >= 11 is 0. The van der Waals surface area contributed by atoms with Crippen LogP contribution in [0.2, 0.25) is 0 Å². The number of rotatable bonds is 5. The molecule has 0 saturated heterocycles. The number of para-hydroxylation sites is 1. The Labute approximate surface area is 118 Å². The quantitative estimate of drug-likeness (QED) is 0.834. The lowest BCUT2D eigenvalue weighted by Crippen LogP contribution is -2.04. The number of benzene rings is 2. The van der Waals surface area contributed by atoms with Crippen LogP contribution in [0.1, 0.15) is 11.1 Å². The van der Waals surface area contributed by atoms with Gasteiger partial charge < -0.3 is 10.1 Å². The maximum Gasteiger partial charge on any atom is 0.148 e. The van der Waals surface area contributed by atoms with Gasteiger partial charge in [0.25, 0.3) is 0 Å². The number of terminal acetylenes is 1. The first kappa shape index (κ1) is 14.0. The smallest absolute Gasteiger partial charge is 0.148 e. The molecule has 2 aromatic rings. The molecule has 0 amide bonds. The van der Waals surface area contributed by atoms with Crippen LogP contribution in [0.5, 0.6) is 5.75 Å². The Balaban J connectivity index is 2.08. The van der Waals surface area contributed by atoms with Gasteiger partial charge in [0, 0.05) is 17.8 Å². The van der Waals surface area contributed by atoms with Gasteiger partial charge in [-0.2, -0.15) is 0 Å². The SMILES string of the molecule is C#CCOc1ccccc1CNc1cc(C)cc(F)c1. The number of halogens is 1. The van der Waals surface area contributed by atoms with Crippen molar-refractivity contribution in [3.05, 3.63) is 59.4 Å². The van der Waals surface area contributed by atoms with Crippen molar-refractivity contribution in [2.75, 3.05) is 11.9 Å². The number of aryl methyl sites for hydroxylation is 1. The Morgan fingerprint density at radius 3 is 2.80 bits per heavy atom. The average Bonchev–Trinajstić information content (AvgIpc) is 2.43. The normalized spacial score (nSPS) is 9.85. The van der Waals surface area contributed by atoms with Crippen LogP contribution < -0.4 is 10.1 Å². The van der Waals surface area contributed by atoms with Crippen LogP contribution in [0.3, 0.4) is 0 Å². The number of hydrogen-bond acceptors (Lipinski definition) is 2. The van der Waals surface area contributed by atoms with Gasteiger partial charge in [-0.1, -0.05) is 24.1 Å². The molecule has 0 radical (unpaired) electrons. The van der Waals surface area contributed by atoms with E-state index >= 15 is 0 Å². The highest BCUT2D eigenvalue weighted by Crippen LogP contribution is 2.20. The van der Waals surface area contributed by atoms with Crippen molar-refractivity contribution in [2.45, 2.75) is 13.5 Å². The predicted molar refractivity (Wildman–Crippen MR) is 79.2 cm³/mol. The van der Waals surface area contributed by atoms with E-state index in [1.807, 2.05) is 37.3 Å². The van der Waals surface area contributed by atoms with Crippen molar-refractivity contribution >= 4 is 5.69 Å². The highest BCUT2D eigenvalue weighted by molar-refractivity contribution is 5.47. The highest BCUT2D eigenvalue weighted by atomic mass is 19.1. The van der Waals surface area contributed by atoms with E-state index in [1.165, 1.54) is 12.1 Å². The second kappa shape index (κ2) is 6.63. The molecule has 2 aromatic carbocycles. The summed E-state index contributed by atoms with van der Waals surface area (Å²) in [4.78, 5) is 0. The summed E-state index contributed by atoms with van der Waals surface area (Å²) in [5, 5.41) is 3.19. The minimum atomic E-state index is -0.246. The lowest BCUT2D eigenvalue weighted by atomic mass is 10.1. The van der Waals surface area contributed by atoms with Crippen molar-refractivity contribution in [3.8, 4) is 18.1 Å². The molecule has 0 aliphatic carbocycles. The van der Waals surface area contributed by atoms with E-state index in [1.54, 1.807) is 0 Å². The molecule has 20 heavy (non-hydrogen) atoms. The Morgan fingerprint density at radius 2 is 2.05 bits per heavy atom. The molecule has 0 aromatic heterocycles. The number of anilines is 1. The molecule has 1 N–H and O–H groups in total. The summed E-state index contributed by atoms with van der Waals surface area (Å²) in [6, 6.07) is 12.5. The summed E-state index contributed by atoms with van der Waals surface area (Å²) in [5.74, 6) is 2.94. The Bertz CT molecular complexity index is 611. The summed E-state index contributed by atoms with van der Waals surface area (Å²) in [7, 11) is 0. The van der Waals surface area contributed by atoms with Gasteiger partial charge >= 0.3 is 0 Å². The Kier molecular flexibility index (Phi) is 4.62. The van der Waals surface area contributed by atoms with Crippen molar-refractivity contribution < 1.29 is 9.13 Å². The first-order valence-corrected chi connectivity index (χ1v) is 6.34. The number of nitrogens with one attached hydrogen (secondary N) is 1. The van der Waals surface area contributed by atoms with Gasteiger partial charge in [0.2, 0.25) is 0 Å². The average molecular weight is 269 g/mol. The van der Waals surface area contributed by atoms with Crippen LogP contribution in [0.4, 0.5) is 10.1 Å². The molecule has 3 heteroatoms. The fourth-order valence-corrected chi connectivity index (χ4v) is 1.95. The summed E-state index contributed by atoms with van der Waals surface area (Å²) in [6.07, 6.45) is 5.19. The molecule has 0 saturated carbocycles. The van der Waals surface area contributed by atoms with Crippen molar-refractivity contribution in [1.82, 2.24) is 0 Å². The van der Waals surface area contributed by atoms with E-state index in [4.69, 9.17) is 11.2 Å². The van der Waals surface area contributed by atoms with Gasteiger partial charge in [-0.3, -0.25) is 0 Å². The van der Waals surface area contributed by atoms with Crippen LogP contribution in [0, 0.1) is 25.1 Å². The van der Waals surface area contributed by atoms with Crippen molar-refractivity contribution in [2.24, 2.45) is 0 Å². The standard InChI is InChI=1S/C17H16FNO/c1-3-8-20-17-7-5-4-6-14(17)12-19-16-10-13(2)9-15(18)11-16/h1,4-7,9-11,19H,8,12H2,2H3. The number of hydrogen-bond donors (Lipinski definition) is 1. The van der Waals surface area contributed by atoms with E-state index in [2.05, 4.69) is 11.2 Å². The monoisotopic (exact) mass is 269 g/mol. The van der Waals surface area contributed by atoms with E-state index in [9.17, 15) is 4.39 Å². The highest BCUT2D eigenvalue weighted by Gasteiger charge is 2.03. The van der Waals surface area contributed by atoms with Gasteiger partial charge in [0.15, 0.2) is 0 Å². The van der Waals surface area contributed by atoms with Gasteiger partial charge in [0.05, 0.1) is 0 Å². The Hall–Kier alpha value is -2.47. The molecular weight excluding hydrogens is 253 g/mol. The first-order chi connectivity index (χ1) is 9.69. The first-order valence-electron chi connectivity index (χ1n) is 6.34. The molecule has 0 aliphatic rings. The lowest BCUT2D eigenvalue weighted by molar-refractivity contribution is 0.366. The fourth-order valence-electron chi connectivity index (χ4n) is 1.95. The molecule has 0 bridgehead atoms. The van der Waals surface area contributed by atoms with Gasteiger partial charge in [-0.25, -0.2) is 4.39 Å².